The molecule has 3 rings (SSSR count). The fraction of sp³-hybridized carbons (Fsp3) is 0.0769. The molecule has 0 amide bonds. The van der Waals surface area contributed by atoms with Gasteiger partial charge in [0.25, 0.3) is 0 Å². The van der Waals surface area contributed by atoms with Gasteiger partial charge < -0.3 is 4.74 Å². The summed E-state index contributed by atoms with van der Waals surface area (Å²) in [7, 11) is 1.64. The molecule has 3 aromatic rings. The van der Waals surface area contributed by atoms with Gasteiger partial charge in [-0.25, -0.2) is 0 Å². The van der Waals surface area contributed by atoms with E-state index in [0.29, 0.717) is 4.77 Å². The Morgan fingerprint density at radius 3 is 2.95 bits per heavy atom. The number of nitrogens with zero attached hydrogens (tertiary/aromatic N) is 2. The summed E-state index contributed by atoms with van der Waals surface area (Å²) in [6.07, 6.45) is 0. The van der Waals surface area contributed by atoms with Gasteiger partial charge in [0, 0.05) is 10.5 Å². The maximum atomic E-state index is 5.35. The number of aromatic nitrogens is 3. The number of halogens is 1. The molecule has 0 aliphatic rings. The molecular weight excluding hydrogens is 358 g/mol. The van der Waals surface area contributed by atoms with Crippen LogP contribution in [0.5, 0.6) is 5.75 Å². The van der Waals surface area contributed by atoms with Crippen molar-refractivity contribution >= 4 is 39.5 Å². The highest BCUT2D eigenvalue weighted by molar-refractivity contribution is 9.10. The average molecular weight is 368 g/mol. The van der Waals surface area contributed by atoms with Crippen molar-refractivity contribution in [2.45, 2.75) is 0 Å². The molecule has 7 heteroatoms. The molecule has 0 saturated carbocycles. The number of thiophene rings is 1. The fourth-order valence-electron chi connectivity index (χ4n) is 1.90. The normalized spacial score (nSPS) is 10.7. The number of benzene rings is 1. The van der Waals surface area contributed by atoms with Crippen LogP contribution >= 0.6 is 39.5 Å². The minimum atomic E-state index is 0.550. The Labute approximate surface area is 133 Å². The Kier molecular flexibility index (Phi) is 3.73. The lowest BCUT2D eigenvalue weighted by atomic mass is 10.3. The lowest BCUT2D eigenvalue weighted by Crippen LogP contribution is -1.98. The molecule has 0 fully saturated rings. The van der Waals surface area contributed by atoms with Gasteiger partial charge in [-0.3, -0.25) is 9.67 Å². The summed E-state index contributed by atoms with van der Waals surface area (Å²) in [5, 5.41) is 9.18. The van der Waals surface area contributed by atoms with Crippen LogP contribution in [0.3, 0.4) is 0 Å². The van der Waals surface area contributed by atoms with Crippen molar-refractivity contribution in [3.63, 3.8) is 0 Å². The lowest BCUT2D eigenvalue weighted by molar-refractivity contribution is 0.414. The summed E-state index contributed by atoms with van der Waals surface area (Å²) in [5.74, 6) is 1.56. The number of nitrogens with one attached hydrogen (secondary N) is 1. The first-order chi connectivity index (χ1) is 9.69. The molecule has 0 saturated heterocycles. The minimum Gasteiger partial charge on any atom is -0.497 e. The van der Waals surface area contributed by atoms with Crippen molar-refractivity contribution in [3.8, 4) is 22.1 Å². The van der Waals surface area contributed by atoms with Crippen molar-refractivity contribution in [2.24, 2.45) is 0 Å². The Morgan fingerprint density at radius 2 is 2.25 bits per heavy atom. The number of methoxy groups -OCH3 is 1. The van der Waals surface area contributed by atoms with Gasteiger partial charge >= 0.3 is 0 Å². The third-order valence-electron chi connectivity index (χ3n) is 2.76. The van der Waals surface area contributed by atoms with Crippen molar-refractivity contribution in [1.29, 1.82) is 0 Å². The number of hydrogen-bond acceptors (Lipinski definition) is 4. The van der Waals surface area contributed by atoms with Crippen LogP contribution in [0.4, 0.5) is 0 Å². The summed E-state index contributed by atoms with van der Waals surface area (Å²) in [5.41, 5.74) is 0.901. The van der Waals surface area contributed by atoms with Crippen LogP contribution in [0.25, 0.3) is 16.4 Å². The number of hydrogen-bond donors (Lipinski definition) is 1. The molecule has 4 nitrogen and oxygen atoms in total. The van der Waals surface area contributed by atoms with E-state index < -0.39 is 0 Å². The van der Waals surface area contributed by atoms with Crippen LogP contribution in [-0.2, 0) is 0 Å². The standard InChI is InChI=1S/C13H10BrN3OS2/c1-18-10-6-8(14)5-9(7-10)17-12(15-16-13(17)19)11-3-2-4-20-11/h2-7H,1H3,(H,16,19). The van der Waals surface area contributed by atoms with Crippen molar-refractivity contribution < 1.29 is 4.74 Å². The molecule has 20 heavy (non-hydrogen) atoms. The molecule has 0 aliphatic carbocycles. The van der Waals surface area contributed by atoms with E-state index in [1.807, 2.05) is 40.3 Å². The zero-order chi connectivity index (χ0) is 14.1. The molecule has 1 aromatic carbocycles. The van der Waals surface area contributed by atoms with E-state index in [9.17, 15) is 0 Å². The predicted molar refractivity (Wildman–Crippen MR) is 86.3 cm³/mol. The molecule has 0 aliphatic heterocycles. The first-order valence-electron chi connectivity index (χ1n) is 5.75. The second-order valence-electron chi connectivity index (χ2n) is 4.01. The van der Waals surface area contributed by atoms with Crippen LogP contribution in [0.2, 0.25) is 0 Å². The van der Waals surface area contributed by atoms with Crippen molar-refractivity contribution in [1.82, 2.24) is 14.8 Å². The summed E-state index contributed by atoms with van der Waals surface area (Å²) in [6, 6.07) is 9.81. The summed E-state index contributed by atoms with van der Waals surface area (Å²) >= 11 is 10.4. The monoisotopic (exact) mass is 367 g/mol. The minimum absolute atomic E-state index is 0.550. The Hall–Kier alpha value is -1.44. The zero-order valence-electron chi connectivity index (χ0n) is 10.5. The highest BCUT2D eigenvalue weighted by Crippen LogP contribution is 2.29. The third-order valence-corrected chi connectivity index (χ3v) is 4.36. The number of aromatic amines is 1. The SMILES string of the molecule is COc1cc(Br)cc(-n2c(-c3cccs3)n[nH]c2=S)c1. The van der Waals surface area contributed by atoms with Crippen molar-refractivity contribution in [3.05, 3.63) is 45.0 Å². The maximum absolute atomic E-state index is 5.35. The Bertz CT molecular complexity index is 792. The van der Waals surface area contributed by atoms with Gasteiger partial charge in [-0.1, -0.05) is 22.0 Å². The van der Waals surface area contributed by atoms with E-state index >= 15 is 0 Å². The van der Waals surface area contributed by atoms with E-state index in [2.05, 4.69) is 26.1 Å². The maximum Gasteiger partial charge on any atom is 0.200 e. The second-order valence-corrected chi connectivity index (χ2v) is 6.26. The molecule has 0 bridgehead atoms. The molecule has 2 aromatic heterocycles. The summed E-state index contributed by atoms with van der Waals surface area (Å²) in [4.78, 5) is 1.05. The van der Waals surface area contributed by atoms with Crippen LogP contribution in [0.1, 0.15) is 0 Å². The smallest absolute Gasteiger partial charge is 0.200 e. The average Bonchev–Trinajstić information content (AvgIpc) is 3.06. The zero-order valence-corrected chi connectivity index (χ0v) is 13.7. The molecule has 1 N–H and O–H groups in total. The molecule has 102 valence electrons. The summed E-state index contributed by atoms with van der Waals surface area (Å²) in [6.45, 7) is 0. The third kappa shape index (κ3) is 2.44. The second kappa shape index (κ2) is 5.51. The van der Waals surface area contributed by atoms with Crippen LogP contribution < -0.4 is 4.74 Å². The molecule has 0 spiro atoms. The molecule has 0 unspecified atom stereocenters. The van der Waals surface area contributed by atoms with Gasteiger partial charge in [0.1, 0.15) is 5.75 Å². The van der Waals surface area contributed by atoms with E-state index in [0.717, 1.165) is 26.6 Å². The van der Waals surface area contributed by atoms with E-state index in [1.54, 1.807) is 18.4 Å². The van der Waals surface area contributed by atoms with Crippen molar-refractivity contribution in [2.75, 3.05) is 7.11 Å². The summed E-state index contributed by atoms with van der Waals surface area (Å²) < 4.78 is 8.67. The fourth-order valence-corrected chi connectivity index (χ4v) is 3.30. The predicted octanol–water partition coefficient (Wildman–Crippen LogP) is 4.43. The Morgan fingerprint density at radius 1 is 1.40 bits per heavy atom. The van der Waals surface area contributed by atoms with Gasteiger partial charge in [0.05, 0.1) is 17.7 Å². The van der Waals surface area contributed by atoms with Gasteiger partial charge in [0.2, 0.25) is 0 Å². The number of H-pyrrole nitrogens is 1. The highest BCUT2D eigenvalue weighted by atomic mass is 79.9. The van der Waals surface area contributed by atoms with Gasteiger partial charge in [-0.15, -0.1) is 11.3 Å². The first kappa shape index (κ1) is 13.5. The molecule has 0 atom stereocenters. The quantitative estimate of drug-likeness (QED) is 0.696. The number of rotatable bonds is 3. The first-order valence-corrected chi connectivity index (χ1v) is 7.83. The van der Waals surface area contributed by atoms with E-state index in [4.69, 9.17) is 17.0 Å². The van der Waals surface area contributed by atoms with Gasteiger partial charge in [0.15, 0.2) is 10.6 Å². The molecule has 2 heterocycles. The highest BCUT2D eigenvalue weighted by Gasteiger charge is 2.12. The van der Waals surface area contributed by atoms with Gasteiger partial charge in [-0.2, -0.15) is 5.10 Å². The van der Waals surface area contributed by atoms with Crippen LogP contribution in [0, 0.1) is 4.77 Å². The lowest BCUT2D eigenvalue weighted by Gasteiger charge is -2.08. The largest absolute Gasteiger partial charge is 0.497 e. The molecule has 0 radical (unpaired) electrons. The Balaban J connectivity index is 2.22. The van der Waals surface area contributed by atoms with E-state index in [-0.39, 0.29) is 0 Å². The van der Waals surface area contributed by atoms with Crippen LogP contribution in [0.15, 0.2) is 40.2 Å². The van der Waals surface area contributed by atoms with Crippen LogP contribution in [-0.4, -0.2) is 21.9 Å². The molecular formula is C13H10BrN3OS2. The number of ether oxygens (including phenoxy) is 1. The topological polar surface area (TPSA) is 42.8 Å². The van der Waals surface area contributed by atoms with Gasteiger partial charge in [-0.05, 0) is 35.8 Å². The van der Waals surface area contributed by atoms with E-state index in [1.165, 1.54) is 0 Å².